The van der Waals surface area contributed by atoms with Crippen LogP contribution < -0.4 is 4.74 Å². The molecule has 0 fully saturated rings. The van der Waals surface area contributed by atoms with Crippen LogP contribution in [0.15, 0.2) is 30.5 Å². The Hall–Kier alpha value is -1.40. The van der Waals surface area contributed by atoms with E-state index < -0.39 is 11.9 Å². The first kappa shape index (κ1) is 22.4. The van der Waals surface area contributed by atoms with Crippen molar-refractivity contribution in [1.82, 2.24) is 9.47 Å². The molecule has 2 atom stereocenters. The van der Waals surface area contributed by atoms with E-state index in [0.717, 1.165) is 17.6 Å². The van der Waals surface area contributed by atoms with Crippen LogP contribution in [0.4, 0.5) is 0 Å². The highest BCUT2D eigenvalue weighted by Crippen LogP contribution is 2.49. The minimum atomic E-state index is -0.521. The number of ether oxygens (including phenoxy) is 1. The molecule has 0 bridgehead atoms. The van der Waals surface area contributed by atoms with Crippen LogP contribution in [-0.4, -0.2) is 35.1 Å². The molecule has 0 N–H and O–H groups in total. The summed E-state index contributed by atoms with van der Waals surface area (Å²) in [5, 5.41) is 1.12. The molecule has 5 rings (SSSR count). The molecular weight excluding hydrogens is 514 g/mol. The minimum Gasteiger partial charge on any atom is -0.423 e. The number of carbonyl (C=O) groups excluding carboxylic acids is 1. The molecule has 1 aliphatic heterocycles. The summed E-state index contributed by atoms with van der Waals surface area (Å²) in [5.41, 5.74) is 4.76. The lowest BCUT2D eigenvalue weighted by atomic mass is 9.80. The SMILES string of the molecule is CN1C[C@H](C(=O)Oc2c(Cl)c(Cl)c(Cl)c(Cl)c2Cl)C=C2c3cccc4c3c(cn4C)C[C@H]21. The van der Waals surface area contributed by atoms with Crippen molar-refractivity contribution in [2.75, 3.05) is 13.6 Å². The molecule has 1 aromatic heterocycles. The summed E-state index contributed by atoms with van der Waals surface area (Å²) in [6, 6.07) is 6.45. The largest absolute Gasteiger partial charge is 0.423 e. The number of hydrogen-bond donors (Lipinski definition) is 0. The number of halogens is 5. The van der Waals surface area contributed by atoms with Crippen LogP contribution in [0, 0.1) is 5.92 Å². The second kappa shape index (κ2) is 8.12. The van der Waals surface area contributed by atoms with Crippen molar-refractivity contribution in [3.05, 3.63) is 66.7 Å². The van der Waals surface area contributed by atoms with Gasteiger partial charge in [0.25, 0.3) is 0 Å². The van der Waals surface area contributed by atoms with Crippen LogP contribution >= 0.6 is 58.0 Å². The number of likely N-dealkylation sites (N-methyl/N-ethyl adjacent to an activating group) is 1. The normalized spacial score (nSPS) is 20.3. The number of benzene rings is 2. The molecule has 2 heterocycles. The lowest BCUT2D eigenvalue weighted by molar-refractivity contribution is -0.138. The van der Waals surface area contributed by atoms with E-state index in [-0.39, 0.29) is 36.9 Å². The van der Waals surface area contributed by atoms with Gasteiger partial charge in [0.1, 0.15) is 10.0 Å². The molecule has 0 saturated heterocycles. The number of aromatic nitrogens is 1. The number of rotatable bonds is 2. The second-order valence-corrected chi connectivity index (χ2v) is 10.1. The Morgan fingerprint density at radius 1 is 1.00 bits per heavy atom. The van der Waals surface area contributed by atoms with Crippen LogP contribution in [0.1, 0.15) is 11.1 Å². The summed E-state index contributed by atoms with van der Waals surface area (Å²) in [7, 11) is 4.07. The molecule has 166 valence electrons. The van der Waals surface area contributed by atoms with Crippen LogP contribution in [0.2, 0.25) is 25.1 Å². The first-order chi connectivity index (χ1) is 15.2. The zero-order chi connectivity index (χ0) is 22.9. The van der Waals surface area contributed by atoms with Crippen molar-refractivity contribution in [1.29, 1.82) is 0 Å². The maximum absolute atomic E-state index is 13.2. The van der Waals surface area contributed by atoms with E-state index in [1.165, 1.54) is 16.5 Å². The number of aryl methyl sites for hydroxylation is 1. The van der Waals surface area contributed by atoms with Gasteiger partial charge in [0.2, 0.25) is 0 Å². The Balaban J connectivity index is 1.54. The van der Waals surface area contributed by atoms with E-state index in [4.69, 9.17) is 62.7 Å². The smallest absolute Gasteiger partial charge is 0.319 e. The van der Waals surface area contributed by atoms with Gasteiger partial charge in [0.15, 0.2) is 5.75 Å². The van der Waals surface area contributed by atoms with Crippen LogP contribution in [0.25, 0.3) is 16.5 Å². The van der Waals surface area contributed by atoms with Crippen LogP contribution in [0.5, 0.6) is 5.75 Å². The molecule has 0 radical (unpaired) electrons. The summed E-state index contributed by atoms with van der Waals surface area (Å²) in [4.78, 5) is 15.3. The maximum Gasteiger partial charge on any atom is 0.319 e. The van der Waals surface area contributed by atoms with Gasteiger partial charge >= 0.3 is 5.97 Å². The van der Waals surface area contributed by atoms with Gasteiger partial charge in [0, 0.05) is 36.7 Å². The van der Waals surface area contributed by atoms with E-state index in [2.05, 4.69) is 34.8 Å². The lowest BCUT2D eigenvalue weighted by Crippen LogP contribution is -2.45. The van der Waals surface area contributed by atoms with Gasteiger partial charge in [-0.05, 0) is 36.2 Å². The highest BCUT2D eigenvalue weighted by molar-refractivity contribution is 6.55. The molecule has 2 aromatic carbocycles. The van der Waals surface area contributed by atoms with E-state index >= 15 is 0 Å². The molecule has 0 amide bonds. The molecule has 0 spiro atoms. The van der Waals surface area contributed by atoms with E-state index in [1.807, 2.05) is 19.2 Å². The predicted octanol–water partition coefficient (Wildman–Crippen LogP) is 6.92. The van der Waals surface area contributed by atoms with Crippen LogP contribution in [0.3, 0.4) is 0 Å². The monoisotopic (exact) mass is 528 g/mol. The third-order valence-corrected chi connectivity index (χ3v) is 8.49. The minimum absolute atomic E-state index is 0.0134. The number of hydrogen-bond acceptors (Lipinski definition) is 3. The summed E-state index contributed by atoms with van der Waals surface area (Å²) < 4.78 is 7.75. The van der Waals surface area contributed by atoms with Gasteiger partial charge in [-0.15, -0.1) is 0 Å². The van der Waals surface area contributed by atoms with Gasteiger partial charge in [0.05, 0.1) is 21.0 Å². The Morgan fingerprint density at radius 3 is 2.34 bits per heavy atom. The van der Waals surface area contributed by atoms with Gasteiger partial charge in [-0.25, -0.2) is 0 Å². The maximum atomic E-state index is 13.2. The number of nitrogens with zero attached hydrogens (tertiary/aromatic N) is 2. The van der Waals surface area contributed by atoms with E-state index in [0.29, 0.717) is 6.54 Å². The topological polar surface area (TPSA) is 34.5 Å². The number of carbonyl (C=O) groups is 1. The van der Waals surface area contributed by atoms with Gasteiger partial charge in [-0.1, -0.05) is 76.2 Å². The summed E-state index contributed by atoms with van der Waals surface area (Å²) >= 11 is 30.8. The van der Waals surface area contributed by atoms with Crippen molar-refractivity contribution in [3.63, 3.8) is 0 Å². The summed E-state index contributed by atoms with van der Waals surface area (Å²) in [6.07, 6.45) is 5.08. The first-order valence-electron chi connectivity index (χ1n) is 9.91. The fourth-order valence-corrected chi connectivity index (χ4v) is 5.92. The highest BCUT2D eigenvalue weighted by atomic mass is 35.5. The van der Waals surface area contributed by atoms with Crippen molar-refractivity contribution >= 4 is 80.5 Å². The molecule has 9 heteroatoms. The number of fused-ring (bicyclic) bond motifs is 2. The summed E-state index contributed by atoms with van der Waals surface area (Å²) in [5.74, 6) is -1.10. The fraction of sp³-hybridized carbons (Fsp3) is 0.261. The Bertz CT molecular complexity index is 1300. The van der Waals surface area contributed by atoms with Crippen molar-refractivity contribution in [2.45, 2.75) is 12.5 Å². The zero-order valence-corrected chi connectivity index (χ0v) is 20.8. The molecule has 32 heavy (non-hydrogen) atoms. The standard InChI is InChI=1S/C23H17Cl5N2O2/c1-29-8-10-7-15-13(12-4-3-5-14(29)16(10)12)6-11(9-30(15)2)23(31)32-22-20(27)18(25)17(24)19(26)21(22)28/h3-6,8,11,15H,7,9H2,1-2H3/t11-,15-/m1/s1. The third kappa shape index (κ3) is 3.35. The Kier molecular flexibility index (Phi) is 5.68. The molecule has 1 aliphatic carbocycles. The predicted molar refractivity (Wildman–Crippen MR) is 132 cm³/mol. The lowest BCUT2D eigenvalue weighted by Gasteiger charge is -2.39. The third-order valence-electron chi connectivity index (χ3n) is 6.25. The van der Waals surface area contributed by atoms with Crippen molar-refractivity contribution < 1.29 is 9.53 Å². The second-order valence-electron chi connectivity index (χ2n) is 8.17. The molecule has 2 aliphatic rings. The van der Waals surface area contributed by atoms with Crippen molar-refractivity contribution in [3.8, 4) is 5.75 Å². The van der Waals surface area contributed by atoms with E-state index in [1.54, 1.807) is 0 Å². The Morgan fingerprint density at radius 2 is 1.66 bits per heavy atom. The quantitative estimate of drug-likeness (QED) is 0.156. The molecule has 4 nitrogen and oxygen atoms in total. The van der Waals surface area contributed by atoms with Gasteiger partial charge < -0.3 is 9.30 Å². The van der Waals surface area contributed by atoms with Gasteiger partial charge in [-0.2, -0.15) is 0 Å². The van der Waals surface area contributed by atoms with E-state index in [9.17, 15) is 4.79 Å². The van der Waals surface area contributed by atoms with Crippen molar-refractivity contribution in [2.24, 2.45) is 13.0 Å². The molecule has 0 unspecified atom stereocenters. The average Bonchev–Trinajstić information content (AvgIpc) is 3.11. The Labute approximate surface area is 210 Å². The highest BCUT2D eigenvalue weighted by Gasteiger charge is 2.37. The number of esters is 1. The summed E-state index contributed by atoms with van der Waals surface area (Å²) in [6.45, 7) is 0.495. The molecular formula is C23H17Cl5N2O2. The molecule has 0 saturated carbocycles. The first-order valence-corrected chi connectivity index (χ1v) is 11.8. The molecule has 3 aromatic rings. The zero-order valence-electron chi connectivity index (χ0n) is 17.1. The van der Waals surface area contributed by atoms with Gasteiger partial charge in [-0.3, -0.25) is 9.69 Å². The average molecular weight is 531 g/mol. The fourth-order valence-electron chi connectivity index (χ4n) is 4.73. The van der Waals surface area contributed by atoms with Crippen LogP contribution in [-0.2, 0) is 18.3 Å².